The molecule has 1 aliphatic rings. The molecule has 6 atom stereocenters. The Morgan fingerprint density at radius 1 is 1.00 bits per heavy atom. The van der Waals surface area contributed by atoms with Gasteiger partial charge in [0.15, 0.2) is 5.82 Å². The third kappa shape index (κ3) is 14.9. The number of hydrogen-bond donors (Lipinski definition) is 5. The topological polar surface area (TPSA) is 207 Å². The summed E-state index contributed by atoms with van der Waals surface area (Å²) >= 11 is 0. The van der Waals surface area contributed by atoms with Crippen molar-refractivity contribution in [3.63, 3.8) is 0 Å². The second-order valence-electron chi connectivity index (χ2n) is 15.3. The van der Waals surface area contributed by atoms with Gasteiger partial charge in [0.25, 0.3) is 0 Å². The molecule has 318 valence electrons. The molecule has 57 heavy (non-hydrogen) atoms. The van der Waals surface area contributed by atoms with Crippen molar-refractivity contribution in [3.8, 4) is 6.07 Å². The van der Waals surface area contributed by atoms with Gasteiger partial charge >= 0.3 is 7.82 Å². The van der Waals surface area contributed by atoms with Gasteiger partial charge in [-0.3, -0.25) is 9.05 Å². The first-order chi connectivity index (χ1) is 27.5. The average molecular weight is 819 g/mol. The summed E-state index contributed by atoms with van der Waals surface area (Å²) in [5.74, 6) is -0.359. The number of benzene rings is 1. The van der Waals surface area contributed by atoms with Crippen molar-refractivity contribution >= 4 is 19.2 Å². The van der Waals surface area contributed by atoms with Gasteiger partial charge in [0, 0.05) is 6.54 Å². The number of nitrogen functional groups attached to an aromatic ring is 1. The number of nitriles is 1. The van der Waals surface area contributed by atoms with Crippen molar-refractivity contribution in [2.24, 2.45) is 0 Å². The molecule has 1 fully saturated rings. The van der Waals surface area contributed by atoms with Gasteiger partial charge in [-0.05, 0) is 55.8 Å². The van der Waals surface area contributed by atoms with Crippen molar-refractivity contribution in [2.75, 3.05) is 32.0 Å². The van der Waals surface area contributed by atoms with E-state index in [1.807, 2.05) is 6.07 Å². The molecule has 3 aromatic rings. The number of halogens is 1. The Balaban J connectivity index is 1.18. The second-order valence-corrected chi connectivity index (χ2v) is 16.8. The number of nitrogens with one attached hydrogen (secondary N) is 1. The van der Waals surface area contributed by atoms with Gasteiger partial charge in [0.2, 0.25) is 0 Å². The number of phosphoric ester groups is 1. The number of rotatable bonds is 29. The summed E-state index contributed by atoms with van der Waals surface area (Å²) in [6.45, 7) is 3.79. The van der Waals surface area contributed by atoms with Gasteiger partial charge in [-0.2, -0.15) is 10.4 Å². The van der Waals surface area contributed by atoms with Crippen LogP contribution in [0.5, 0.6) is 0 Å². The van der Waals surface area contributed by atoms with Crippen LogP contribution in [0.3, 0.4) is 0 Å². The van der Waals surface area contributed by atoms with Crippen LogP contribution in [-0.2, 0) is 35.3 Å². The van der Waals surface area contributed by atoms with Crippen LogP contribution in [0, 0.1) is 17.1 Å². The normalized spacial score (nSPS) is 21.2. The van der Waals surface area contributed by atoms with Crippen molar-refractivity contribution in [3.05, 3.63) is 59.3 Å². The maximum atomic E-state index is 14.1. The number of phosphoric acid groups is 1. The van der Waals surface area contributed by atoms with E-state index in [-0.39, 0.29) is 31.1 Å². The summed E-state index contributed by atoms with van der Waals surface area (Å²) < 4.78 is 51.1. The molecule has 4 rings (SSSR count). The molecule has 0 aliphatic carbocycles. The van der Waals surface area contributed by atoms with Crippen LogP contribution >= 0.6 is 7.82 Å². The molecular weight excluding hydrogens is 754 g/mol. The zero-order chi connectivity index (χ0) is 41.1. The smallest absolute Gasteiger partial charge is 0.387 e. The molecule has 0 radical (unpaired) electrons. The molecule has 0 spiro atoms. The van der Waals surface area contributed by atoms with Crippen LogP contribution in [0.15, 0.2) is 36.7 Å². The van der Waals surface area contributed by atoms with Gasteiger partial charge in [-0.25, -0.2) is 18.5 Å². The summed E-state index contributed by atoms with van der Waals surface area (Å²) in [6, 6.07) is 9.11. The molecule has 0 amide bonds. The highest BCUT2D eigenvalue weighted by Gasteiger charge is 2.54. The van der Waals surface area contributed by atoms with E-state index in [1.165, 1.54) is 106 Å². The Bertz CT molecular complexity index is 1730. The fraction of sp³-hybridized carbons (Fsp3) is 0.683. The first-order valence-electron chi connectivity index (χ1n) is 20.7. The summed E-state index contributed by atoms with van der Waals surface area (Å²) in [5.41, 5.74) is 5.91. The minimum atomic E-state index is -4.71. The fourth-order valence-corrected chi connectivity index (χ4v) is 8.04. The number of nitrogens with two attached hydrogens (primary N) is 1. The van der Waals surface area contributed by atoms with Crippen LogP contribution in [-0.4, -0.2) is 80.4 Å². The quantitative estimate of drug-likeness (QED) is 0.0347. The molecule has 1 aliphatic heterocycles. The van der Waals surface area contributed by atoms with Crippen molar-refractivity contribution in [1.29, 1.82) is 5.26 Å². The summed E-state index contributed by atoms with van der Waals surface area (Å²) in [6.07, 6.45) is 16.9. The largest absolute Gasteiger partial charge is 0.472 e. The van der Waals surface area contributed by atoms with Crippen LogP contribution in [0.4, 0.5) is 10.2 Å². The number of hydrogen-bond acceptors (Lipinski definition) is 12. The highest BCUT2D eigenvalue weighted by molar-refractivity contribution is 7.47. The van der Waals surface area contributed by atoms with Crippen LogP contribution in [0.2, 0.25) is 0 Å². The standard InChI is InChI=1S/C41H64FN6O8P/c1-3-4-5-6-7-8-9-10-11-12-13-14-15-16-17-18-21-45-26-34(53-27-32-22-31(25-43)23-33(42)24-32)28-54-57(51,52)55-29-36-38(49)39(50)41(2,56-36)37-20-19-35-40(44)46-30-47-48(35)37/h19-20,22-24,30,34,36,38-39,45,49-50H,3-18,21,26-29H2,1-2H3,(H,51,52)(H2,44,46,47)/t34-,36-,38-,39-,41+/m1/s1. The van der Waals surface area contributed by atoms with E-state index in [0.29, 0.717) is 23.3 Å². The number of nitrogens with zero attached hydrogens (tertiary/aromatic N) is 4. The maximum Gasteiger partial charge on any atom is 0.472 e. The molecule has 6 N–H and O–H groups in total. The second kappa shape index (κ2) is 24.1. The van der Waals surface area contributed by atoms with Gasteiger partial charge in [0.1, 0.15) is 41.6 Å². The van der Waals surface area contributed by atoms with E-state index in [0.717, 1.165) is 25.3 Å². The van der Waals surface area contributed by atoms with Gasteiger partial charge in [0.05, 0.1) is 43.3 Å². The number of aliphatic hydroxyl groups is 2. The first-order valence-corrected chi connectivity index (χ1v) is 22.2. The fourth-order valence-electron chi connectivity index (χ4n) is 7.28. The van der Waals surface area contributed by atoms with Crippen LogP contribution < -0.4 is 11.1 Å². The lowest BCUT2D eigenvalue weighted by Crippen LogP contribution is -2.39. The van der Waals surface area contributed by atoms with E-state index >= 15 is 0 Å². The molecule has 1 saturated heterocycles. The lowest BCUT2D eigenvalue weighted by molar-refractivity contribution is -0.0894. The highest BCUT2D eigenvalue weighted by atomic mass is 31.2. The zero-order valence-corrected chi connectivity index (χ0v) is 34.6. The molecule has 1 aromatic carbocycles. The molecule has 2 aromatic heterocycles. The summed E-state index contributed by atoms with van der Waals surface area (Å²) in [7, 11) is -4.71. The monoisotopic (exact) mass is 818 g/mol. The van der Waals surface area contributed by atoms with E-state index in [2.05, 4.69) is 22.3 Å². The van der Waals surface area contributed by atoms with Gasteiger partial charge in [-0.1, -0.05) is 103 Å². The SMILES string of the molecule is CCCCCCCCCCCCCCCCCCNC[C@H](COP(=O)(O)OC[C@H]1O[C@@](C)(c2ccc3c(N)ncnn23)[C@H](O)[C@@H]1O)OCc1cc(F)cc(C#N)c1. The van der Waals surface area contributed by atoms with E-state index in [9.17, 15) is 29.3 Å². The van der Waals surface area contributed by atoms with Crippen molar-refractivity contribution < 1.29 is 42.6 Å². The summed E-state index contributed by atoms with van der Waals surface area (Å²) in [5, 5.41) is 38.6. The maximum absolute atomic E-state index is 14.1. The number of ether oxygens (including phenoxy) is 2. The number of fused-ring (bicyclic) bond motifs is 1. The van der Waals surface area contributed by atoms with Gasteiger partial charge < -0.3 is 35.6 Å². The molecule has 3 heterocycles. The third-order valence-corrected chi connectivity index (χ3v) is 11.6. The summed E-state index contributed by atoms with van der Waals surface area (Å²) in [4.78, 5) is 14.6. The molecule has 0 bridgehead atoms. The minimum absolute atomic E-state index is 0.0681. The predicted octanol–water partition coefficient (Wildman–Crippen LogP) is 7.23. The molecule has 0 saturated carbocycles. The molecule has 16 heteroatoms. The van der Waals surface area contributed by atoms with E-state index < -0.39 is 50.3 Å². The average Bonchev–Trinajstić information content (AvgIpc) is 3.73. The molecule has 14 nitrogen and oxygen atoms in total. The van der Waals surface area contributed by atoms with Gasteiger partial charge in [-0.15, -0.1) is 0 Å². The van der Waals surface area contributed by atoms with E-state index in [4.69, 9.17) is 24.3 Å². The lowest BCUT2D eigenvalue weighted by atomic mass is 9.93. The van der Waals surface area contributed by atoms with E-state index in [1.54, 1.807) is 19.1 Å². The Morgan fingerprint density at radius 2 is 1.63 bits per heavy atom. The molecule has 1 unspecified atom stereocenters. The number of aliphatic hydroxyl groups excluding tert-OH is 2. The Hall–Kier alpha value is -3.03. The van der Waals surface area contributed by atoms with Crippen LogP contribution in [0.1, 0.15) is 133 Å². The predicted molar refractivity (Wildman–Crippen MR) is 215 cm³/mol. The van der Waals surface area contributed by atoms with Crippen molar-refractivity contribution in [2.45, 2.75) is 153 Å². The zero-order valence-electron chi connectivity index (χ0n) is 33.7. The number of anilines is 1. The minimum Gasteiger partial charge on any atom is -0.387 e. The van der Waals surface area contributed by atoms with Crippen LogP contribution in [0.25, 0.3) is 5.52 Å². The Labute approximate surface area is 336 Å². The lowest BCUT2D eigenvalue weighted by Gasteiger charge is -2.27. The number of aromatic nitrogens is 3. The first kappa shape index (κ1) is 46.7. The third-order valence-electron chi connectivity index (χ3n) is 10.6. The highest BCUT2D eigenvalue weighted by Crippen LogP contribution is 2.46. The Morgan fingerprint density at radius 3 is 2.26 bits per heavy atom. The van der Waals surface area contributed by atoms with Crippen molar-refractivity contribution in [1.82, 2.24) is 19.9 Å². The molecular formula is C41H64FN6O8P. The Kier molecular flexibility index (Phi) is 19.8. The number of unbranched alkanes of at least 4 members (excludes halogenated alkanes) is 15.